The molecular weight excluding hydrogens is 342 g/mol. The van der Waals surface area contributed by atoms with Gasteiger partial charge in [0.2, 0.25) is 0 Å². The summed E-state index contributed by atoms with van der Waals surface area (Å²) in [6, 6.07) is 10.2. The summed E-state index contributed by atoms with van der Waals surface area (Å²) in [7, 11) is 0. The molecule has 0 N–H and O–H groups in total. The van der Waals surface area contributed by atoms with Crippen molar-refractivity contribution in [2.24, 2.45) is 0 Å². The third kappa shape index (κ3) is 3.78. The fourth-order valence-electron chi connectivity index (χ4n) is 3.38. The second kappa shape index (κ2) is 7.75. The Bertz CT molecular complexity index is 917. The molecule has 1 fully saturated rings. The van der Waals surface area contributed by atoms with Gasteiger partial charge in [0.25, 0.3) is 0 Å². The number of hydrogen-bond acceptors (Lipinski definition) is 5. The molecule has 3 heterocycles. The van der Waals surface area contributed by atoms with Crippen molar-refractivity contribution < 1.29 is 9.53 Å². The van der Waals surface area contributed by atoms with Crippen molar-refractivity contribution in [2.45, 2.75) is 13.5 Å². The molecule has 0 atom stereocenters. The summed E-state index contributed by atoms with van der Waals surface area (Å²) >= 11 is 0. The molecule has 0 spiro atoms. The molecule has 0 saturated carbocycles. The van der Waals surface area contributed by atoms with Crippen LogP contribution < -0.4 is 0 Å². The normalized spacial score (nSPS) is 15.2. The lowest BCUT2D eigenvalue weighted by molar-refractivity contribution is 0.0778. The van der Waals surface area contributed by atoms with E-state index < -0.39 is 0 Å². The van der Waals surface area contributed by atoms with Crippen molar-refractivity contribution in [1.29, 1.82) is 0 Å². The molecule has 2 aromatic heterocycles. The summed E-state index contributed by atoms with van der Waals surface area (Å²) in [5.74, 6) is 0. The monoisotopic (exact) mass is 365 g/mol. The van der Waals surface area contributed by atoms with Crippen molar-refractivity contribution in [1.82, 2.24) is 24.4 Å². The maximum absolute atomic E-state index is 11.8. The average molecular weight is 365 g/mol. The maximum atomic E-state index is 11.8. The first-order valence-electron chi connectivity index (χ1n) is 9.26. The lowest BCUT2D eigenvalue weighted by atomic mass is 10.1. The molecule has 7 nitrogen and oxygen atoms in total. The summed E-state index contributed by atoms with van der Waals surface area (Å²) in [5.41, 5.74) is 4.11. The van der Waals surface area contributed by atoms with E-state index in [1.54, 1.807) is 4.90 Å². The average Bonchev–Trinajstić information content (AvgIpc) is 3.13. The second-order valence-electron chi connectivity index (χ2n) is 6.62. The first-order chi connectivity index (χ1) is 13.2. The summed E-state index contributed by atoms with van der Waals surface area (Å²) in [6.45, 7) is 6.06. The molecule has 7 heteroatoms. The minimum Gasteiger partial charge on any atom is -0.450 e. The highest BCUT2D eigenvalue weighted by Gasteiger charge is 2.22. The standard InChI is InChI=1S/C20H23N5O2/c1-2-27-20(26)24-10-8-23(9-11-24)14-16-12-21-19-18(13-22-25(19)15-16)17-6-4-3-5-7-17/h3-7,12-13,15H,2,8-11,14H2,1H3. The van der Waals surface area contributed by atoms with Crippen molar-refractivity contribution in [2.75, 3.05) is 32.8 Å². The van der Waals surface area contributed by atoms with Crippen molar-refractivity contribution in [3.8, 4) is 11.1 Å². The Morgan fingerprint density at radius 1 is 1.11 bits per heavy atom. The zero-order valence-electron chi connectivity index (χ0n) is 15.4. The smallest absolute Gasteiger partial charge is 0.409 e. The van der Waals surface area contributed by atoms with Crippen LogP contribution >= 0.6 is 0 Å². The second-order valence-corrected chi connectivity index (χ2v) is 6.62. The summed E-state index contributed by atoms with van der Waals surface area (Å²) in [5, 5.41) is 4.47. The van der Waals surface area contributed by atoms with Crippen LogP contribution in [0.2, 0.25) is 0 Å². The number of nitrogens with zero attached hydrogens (tertiary/aromatic N) is 5. The van der Waals surface area contributed by atoms with Gasteiger partial charge in [-0.2, -0.15) is 5.10 Å². The third-order valence-corrected chi connectivity index (χ3v) is 4.80. The number of amides is 1. The van der Waals surface area contributed by atoms with Crippen molar-refractivity contribution in [3.63, 3.8) is 0 Å². The molecule has 4 rings (SSSR count). The molecule has 27 heavy (non-hydrogen) atoms. The Morgan fingerprint density at radius 2 is 1.89 bits per heavy atom. The highest BCUT2D eigenvalue weighted by atomic mass is 16.6. The van der Waals surface area contributed by atoms with E-state index in [0.717, 1.165) is 42.0 Å². The molecule has 0 aliphatic carbocycles. The Kier molecular flexibility index (Phi) is 5.02. The molecule has 1 aliphatic heterocycles. The van der Waals surface area contributed by atoms with E-state index in [1.807, 2.05) is 48.2 Å². The van der Waals surface area contributed by atoms with E-state index in [-0.39, 0.29) is 6.09 Å². The number of hydrogen-bond donors (Lipinski definition) is 0. The van der Waals surface area contributed by atoms with Crippen molar-refractivity contribution >= 4 is 11.7 Å². The van der Waals surface area contributed by atoms with Crippen LogP contribution in [0.15, 0.2) is 48.9 Å². The summed E-state index contributed by atoms with van der Waals surface area (Å²) in [6.07, 6.45) is 5.60. The third-order valence-electron chi connectivity index (χ3n) is 4.80. The van der Waals surface area contributed by atoms with E-state index in [2.05, 4.69) is 27.1 Å². The minimum absolute atomic E-state index is 0.217. The van der Waals surface area contributed by atoms with Crippen LogP contribution in [0, 0.1) is 0 Å². The molecule has 0 radical (unpaired) electrons. The number of carbonyl (C=O) groups excluding carboxylic acids is 1. The van der Waals surface area contributed by atoms with Crippen LogP contribution in [0.3, 0.4) is 0 Å². The van der Waals surface area contributed by atoms with Gasteiger partial charge in [-0.3, -0.25) is 4.90 Å². The predicted molar refractivity (Wildman–Crippen MR) is 102 cm³/mol. The van der Waals surface area contributed by atoms with Crippen LogP contribution in [0.4, 0.5) is 4.79 Å². The lowest BCUT2D eigenvalue weighted by Crippen LogP contribution is -2.48. The van der Waals surface area contributed by atoms with E-state index in [9.17, 15) is 4.79 Å². The summed E-state index contributed by atoms with van der Waals surface area (Å²) in [4.78, 5) is 20.5. The van der Waals surface area contributed by atoms with Crippen LogP contribution in [0.1, 0.15) is 12.5 Å². The molecule has 140 valence electrons. The van der Waals surface area contributed by atoms with E-state index in [0.29, 0.717) is 19.7 Å². The fraction of sp³-hybridized carbons (Fsp3) is 0.350. The van der Waals surface area contributed by atoms with Gasteiger partial charge < -0.3 is 9.64 Å². The first kappa shape index (κ1) is 17.5. The zero-order valence-corrected chi connectivity index (χ0v) is 15.4. The quantitative estimate of drug-likeness (QED) is 0.711. The first-order valence-corrected chi connectivity index (χ1v) is 9.26. The summed E-state index contributed by atoms with van der Waals surface area (Å²) < 4.78 is 6.91. The van der Waals surface area contributed by atoms with Gasteiger partial charge in [-0.25, -0.2) is 14.3 Å². The molecule has 1 amide bonds. The number of fused-ring (bicyclic) bond motifs is 1. The van der Waals surface area contributed by atoms with Gasteiger partial charge in [0.15, 0.2) is 5.65 Å². The van der Waals surface area contributed by atoms with Gasteiger partial charge in [-0.15, -0.1) is 0 Å². The van der Waals surface area contributed by atoms with Crippen molar-refractivity contribution in [3.05, 3.63) is 54.5 Å². The van der Waals surface area contributed by atoms with Gasteiger partial charge in [0.05, 0.1) is 12.8 Å². The van der Waals surface area contributed by atoms with Crippen LogP contribution in [0.5, 0.6) is 0 Å². The molecule has 0 unspecified atom stereocenters. The van der Waals surface area contributed by atoms with Gasteiger partial charge in [-0.1, -0.05) is 30.3 Å². The van der Waals surface area contributed by atoms with Gasteiger partial charge in [0.1, 0.15) is 0 Å². The molecule has 3 aromatic rings. The number of aromatic nitrogens is 3. The van der Waals surface area contributed by atoms with Crippen LogP contribution in [-0.4, -0.2) is 63.3 Å². The Hall–Kier alpha value is -2.93. The fourth-order valence-corrected chi connectivity index (χ4v) is 3.38. The largest absolute Gasteiger partial charge is 0.450 e. The number of carbonyl (C=O) groups is 1. The maximum Gasteiger partial charge on any atom is 0.409 e. The van der Waals surface area contributed by atoms with E-state index in [1.165, 1.54) is 0 Å². The SMILES string of the molecule is CCOC(=O)N1CCN(Cc2cnc3c(-c4ccccc4)cnn3c2)CC1. The van der Waals surface area contributed by atoms with Gasteiger partial charge >= 0.3 is 6.09 Å². The number of rotatable bonds is 4. The van der Waals surface area contributed by atoms with Gasteiger partial charge in [-0.05, 0) is 12.5 Å². The number of ether oxygens (including phenoxy) is 1. The topological polar surface area (TPSA) is 63.0 Å². The Morgan fingerprint density at radius 3 is 2.63 bits per heavy atom. The van der Waals surface area contributed by atoms with Gasteiger partial charge in [0, 0.05) is 56.2 Å². The molecule has 1 aromatic carbocycles. The molecule has 1 aliphatic rings. The van der Waals surface area contributed by atoms with E-state index in [4.69, 9.17) is 4.74 Å². The van der Waals surface area contributed by atoms with E-state index >= 15 is 0 Å². The zero-order chi connectivity index (χ0) is 18.6. The number of piperazine rings is 1. The Labute approximate surface area is 158 Å². The van der Waals surface area contributed by atoms with Crippen LogP contribution in [-0.2, 0) is 11.3 Å². The Balaban J connectivity index is 1.43. The highest BCUT2D eigenvalue weighted by Crippen LogP contribution is 2.23. The lowest BCUT2D eigenvalue weighted by Gasteiger charge is -2.33. The highest BCUT2D eigenvalue weighted by molar-refractivity contribution is 5.76. The number of benzene rings is 1. The minimum atomic E-state index is -0.217. The molecule has 1 saturated heterocycles. The molecule has 0 bridgehead atoms. The predicted octanol–water partition coefficient (Wildman–Crippen LogP) is 2.67. The molecular formula is C20H23N5O2. The van der Waals surface area contributed by atoms with Crippen LogP contribution in [0.25, 0.3) is 16.8 Å².